The van der Waals surface area contributed by atoms with Gasteiger partial charge in [-0.1, -0.05) is 152 Å². The predicted molar refractivity (Wildman–Crippen MR) is 466 cm³/mol. The van der Waals surface area contributed by atoms with Crippen LogP contribution in [0.25, 0.3) is 85.6 Å². The van der Waals surface area contributed by atoms with Crippen molar-refractivity contribution in [1.29, 1.82) is 0 Å². The highest BCUT2D eigenvalue weighted by Gasteiger charge is 2.06. The van der Waals surface area contributed by atoms with E-state index in [1.807, 2.05) is 239 Å². The summed E-state index contributed by atoms with van der Waals surface area (Å²) < 4.78 is 2.81. The van der Waals surface area contributed by atoms with Gasteiger partial charge >= 0.3 is 0 Å². The Morgan fingerprint density at radius 1 is 0.235 bits per heavy atom. The topological polar surface area (TPSA) is 271 Å². The maximum atomic E-state index is 4.38. The second-order valence-electron chi connectivity index (χ2n) is 25.3. The van der Waals surface area contributed by atoms with Crippen molar-refractivity contribution in [2.24, 2.45) is 0 Å². The molecule has 0 unspecified atom stereocenters. The Morgan fingerprint density at radius 2 is 0.809 bits per heavy atom. The van der Waals surface area contributed by atoms with Crippen molar-refractivity contribution in [3.05, 3.63) is 393 Å². The van der Waals surface area contributed by atoms with Crippen molar-refractivity contribution in [3.8, 4) is 0 Å². The zero-order chi connectivity index (χ0) is 81.2. The Morgan fingerprint density at radius 3 is 1.40 bits per heavy atom. The summed E-state index contributed by atoms with van der Waals surface area (Å²) in [5, 5.41) is 17.1. The number of pyridine rings is 2. The van der Waals surface area contributed by atoms with E-state index in [1.54, 1.807) is 74.5 Å². The van der Waals surface area contributed by atoms with Gasteiger partial charge in [0.05, 0.1) is 50.2 Å². The number of thiophene rings is 1. The molecule has 0 aliphatic carbocycles. The molecule has 22 heteroatoms. The highest BCUT2D eigenvalue weighted by atomic mass is 32.1. The first-order chi connectivity index (χ1) is 56.0. The van der Waals surface area contributed by atoms with Crippen molar-refractivity contribution in [3.63, 3.8) is 0 Å². The molecule has 12 heterocycles. The van der Waals surface area contributed by atoms with Crippen LogP contribution in [0.1, 0.15) is 68.6 Å². The number of fused-ring (bicyclic) bond motifs is 10. The van der Waals surface area contributed by atoms with Crippen molar-refractivity contribution >= 4 is 96.9 Å². The van der Waals surface area contributed by atoms with E-state index in [4.69, 9.17) is 0 Å². The Bertz CT molecular complexity index is 5730. The minimum Gasteiger partial charge on any atom is -0.262 e. The molecule has 21 nitrogen and oxygen atoms in total. The molecule has 0 fully saturated rings. The van der Waals surface area contributed by atoms with E-state index >= 15 is 0 Å². The van der Waals surface area contributed by atoms with Crippen LogP contribution in [0.4, 0.5) is 0 Å². The lowest BCUT2D eigenvalue weighted by atomic mass is 10.1. The number of hydrogen-bond acceptors (Lipinski definition) is 22. The Labute approximate surface area is 673 Å². The quantitative estimate of drug-likeness (QED) is 0.128. The number of benzene rings is 8. The molecule has 12 aromatic heterocycles. The van der Waals surface area contributed by atoms with Gasteiger partial charge in [0.2, 0.25) is 0 Å². The lowest BCUT2D eigenvalue weighted by Gasteiger charge is -2.03. The van der Waals surface area contributed by atoms with Gasteiger partial charge in [0.25, 0.3) is 0 Å². The normalized spacial score (nSPS) is 9.91. The lowest BCUT2D eigenvalue weighted by Crippen LogP contribution is -1.87. The van der Waals surface area contributed by atoms with Crippen LogP contribution in [0.5, 0.6) is 0 Å². The average Bonchev–Trinajstić information content (AvgIpc) is 1.76. The van der Waals surface area contributed by atoms with Gasteiger partial charge in [-0.15, -0.1) is 11.3 Å². The molecule has 0 atom stereocenters. The van der Waals surface area contributed by atoms with E-state index in [0.717, 1.165) is 112 Å². The molecule has 115 heavy (non-hydrogen) atoms. The first kappa shape index (κ1) is 84.5. The molecule has 0 N–H and O–H groups in total. The van der Waals surface area contributed by atoms with Crippen LogP contribution >= 0.6 is 11.3 Å². The number of hydrogen-bond donors (Lipinski definition) is 0. The van der Waals surface area contributed by atoms with Crippen molar-refractivity contribution in [2.45, 2.75) is 83.1 Å². The van der Waals surface area contributed by atoms with Crippen LogP contribution in [0.15, 0.2) is 324 Å². The second-order valence-corrected chi connectivity index (χ2v) is 26.4. The van der Waals surface area contributed by atoms with E-state index in [2.05, 4.69) is 191 Å². The van der Waals surface area contributed by atoms with Gasteiger partial charge in [0.15, 0.2) is 0 Å². The molecule has 8 aromatic carbocycles. The molecule has 20 aromatic rings. The Balaban J connectivity index is 0.000000145. The second kappa shape index (κ2) is 46.2. The van der Waals surface area contributed by atoms with Gasteiger partial charge < -0.3 is 0 Å². The molecule has 0 saturated carbocycles. The molecule has 0 saturated heterocycles. The van der Waals surface area contributed by atoms with Gasteiger partial charge in [-0.05, 0) is 173 Å². The van der Waals surface area contributed by atoms with Crippen molar-refractivity contribution in [1.82, 2.24) is 105 Å². The SMILES string of the molecule is Cc1ccc2ccccc2n1.Cc1cccc2c1sc1ccccc12.Cc1ccccn1.Cc1cccnn1.Cc1ccncn1.Cc1cnc2ccccc2n1.Cc1cnccn1.Cc1ncc2ccccc2n1.Cc1ncccn1.Cc1ncnc2c1ccc1ccccc12.Cc1ncnc2ccccc12.Cc1ncncn1. The monoisotopic (exact) mass is 1530 g/mol. The van der Waals surface area contributed by atoms with Crippen molar-refractivity contribution < 1.29 is 0 Å². The molecule has 0 radical (unpaired) electrons. The fourth-order valence-corrected chi connectivity index (χ4v) is 11.6. The summed E-state index contributed by atoms with van der Waals surface area (Å²) in [5.41, 5.74) is 15.6. The Hall–Kier alpha value is -14.5. The largest absolute Gasteiger partial charge is 0.262 e. The third-order valence-corrected chi connectivity index (χ3v) is 17.6. The standard InChI is InChI=1S/C13H10N2.C13H10S.C10H9N.3C9H8N2.C6H7N.4C5H6N2.C4H5N3/c1-9-11-7-6-10-4-2-3-5-12(10)13(11)15-8-14-9;1-9-5-4-7-11-10-6-2-3-8-12(10)14-13(9)11;1-8-6-7-9-4-2-3-5-10(9)11-8;1-7-8-4-2-3-5-9(8)11-6-10-7;1-7-10-6-8-4-2-3-5-9(8)11-7;1-7-6-10-8-4-2-3-5-9(8)11-7;1-6-4-2-3-5-7-6;1-5-4-6-2-3-7-5;1-5-2-3-6-4-7-5;1-5-6-3-2-4-7-5;1-5-3-2-4-6-7-5;1-4-6-2-5-3-7-4/h2-8H,1H3;2-8H,1H3;2-7H,1H3;3*2-6H,1H3;2-5H,1H3;4*2-4H,1H3;2-3H,1H3. The third kappa shape index (κ3) is 28.7. The molecule has 0 aliphatic heterocycles. The average molecular weight is 1530 g/mol. The molecule has 572 valence electrons. The molecule has 0 amide bonds. The van der Waals surface area contributed by atoms with Crippen LogP contribution < -0.4 is 0 Å². The number of nitrogens with zero attached hydrogens (tertiary/aromatic N) is 21. The van der Waals surface area contributed by atoms with Crippen LogP contribution in [-0.4, -0.2) is 105 Å². The van der Waals surface area contributed by atoms with E-state index < -0.39 is 0 Å². The highest BCUT2D eigenvalue weighted by molar-refractivity contribution is 7.26. The van der Waals surface area contributed by atoms with Crippen LogP contribution in [0.3, 0.4) is 0 Å². The molecular weight excluding hydrogens is 1440 g/mol. The molecule has 0 bridgehead atoms. The van der Waals surface area contributed by atoms with E-state index in [1.165, 1.54) is 60.9 Å². The zero-order valence-electron chi connectivity index (χ0n) is 66.4. The summed E-state index contributed by atoms with van der Waals surface area (Å²) in [6.45, 7) is 23.4. The molecular formula is C93H89N21S. The Kier molecular flexibility index (Phi) is 34.0. The van der Waals surface area contributed by atoms with Crippen LogP contribution in [0.2, 0.25) is 0 Å². The third-order valence-electron chi connectivity index (χ3n) is 16.2. The van der Waals surface area contributed by atoms with Crippen LogP contribution in [-0.2, 0) is 0 Å². The molecule has 0 spiro atoms. The number of para-hydroxylation sites is 5. The van der Waals surface area contributed by atoms with E-state index in [-0.39, 0.29) is 0 Å². The highest BCUT2D eigenvalue weighted by Crippen LogP contribution is 2.35. The predicted octanol–water partition coefficient (Wildman–Crippen LogP) is 20.5. The first-order valence-corrected chi connectivity index (χ1v) is 37.6. The minimum atomic E-state index is 0.759. The zero-order valence-corrected chi connectivity index (χ0v) is 67.2. The molecule has 0 aliphatic rings. The van der Waals surface area contributed by atoms with Crippen molar-refractivity contribution in [2.75, 3.05) is 0 Å². The maximum absolute atomic E-state index is 4.38. The van der Waals surface area contributed by atoms with E-state index in [0.29, 0.717) is 0 Å². The summed E-state index contributed by atoms with van der Waals surface area (Å²) in [6.07, 6.45) is 25.0. The summed E-state index contributed by atoms with van der Waals surface area (Å²) in [5.74, 6) is 2.40. The number of aromatic nitrogens is 21. The fraction of sp³-hybridized carbons (Fsp3) is 0.129. The summed E-state index contributed by atoms with van der Waals surface area (Å²) in [6, 6.07) is 77.0. The lowest BCUT2D eigenvalue weighted by molar-refractivity contribution is 0.974. The van der Waals surface area contributed by atoms with Gasteiger partial charge in [-0.2, -0.15) is 10.2 Å². The first-order valence-electron chi connectivity index (χ1n) is 36.8. The maximum Gasteiger partial charge on any atom is 0.128 e. The number of rotatable bonds is 0. The van der Waals surface area contributed by atoms with Gasteiger partial charge in [0.1, 0.15) is 49.1 Å². The summed E-state index contributed by atoms with van der Waals surface area (Å²) in [4.78, 5) is 76.3. The minimum absolute atomic E-state index is 0.759. The fourth-order valence-electron chi connectivity index (χ4n) is 10.5. The molecule has 20 rings (SSSR count). The summed E-state index contributed by atoms with van der Waals surface area (Å²) >= 11 is 1.89. The van der Waals surface area contributed by atoms with Gasteiger partial charge in [-0.3, -0.25) is 24.9 Å². The summed E-state index contributed by atoms with van der Waals surface area (Å²) in [7, 11) is 0. The van der Waals surface area contributed by atoms with Crippen LogP contribution in [0, 0.1) is 83.1 Å². The number of aryl methyl sites for hydroxylation is 12. The smallest absolute Gasteiger partial charge is 0.128 e. The van der Waals surface area contributed by atoms with E-state index in [9.17, 15) is 0 Å². The van der Waals surface area contributed by atoms with Gasteiger partial charge in [0, 0.05) is 138 Å². The van der Waals surface area contributed by atoms with Gasteiger partial charge in [-0.25, -0.2) is 69.8 Å².